The van der Waals surface area contributed by atoms with Crippen LogP contribution in [0.2, 0.25) is 0 Å². The third-order valence-electron chi connectivity index (χ3n) is 3.16. The molecule has 0 radical (unpaired) electrons. The first-order valence-corrected chi connectivity index (χ1v) is 6.11. The van der Waals surface area contributed by atoms with Crippen molar-refractivity contribution in [1.82, 2.24) is 4.98 Å². The SMILES string of the molecule is COC(=O)c1cccnc1NC1CCCCC1. The third kappa shape index (κ3) is 2.96. The highest BCUT2D eigenvalue weighted by molar-refractivity contribution is 5.94. The maximum absolute atomic E-state index is 11.6. The number of esters is 1. The van der Waals surface area contributed by atoms with Gasteiger partial charge in [-0.25, -0.2) is 9.78 Å². The zero-order valence-corrected chi connectivity index (χ0v) is 10.1. The number of nitrogens with zero attached hydrogens (tertiary/aromatic N) is 1. The van der Waals surface area contributed by atoms with Crippen LogP contribution in [0.3, 0.4) is 0 Å². The van der Waals surface area contributed by atoms with Gasteiger partial charge in [-0.3, -0.25) is 0 Å². The fourth-order valence-electron chi connectivity index (χ4n) is 2.24. The maximum atomic E-state index is 11.6. The Morgan fingerprint density at radius 2 is 2.18 bits per heavy atom. The molecule has 1 aromatic heterocycles. The van der Waals surface area contributed by atoms with Crippen molar-refractivity contribution in [3.05, 3.63) is 23.9 Å². The van der Waals surface area contributed by atoms with Gasteiger partial charge in [0, 0.05) is 12.2 Å². The summed E-state index contributed by atoms with van der Waals surface area (Å²) in [6.45, 7) is 0. The smallest absolute Gasteiger partial charge is 0.341 e. The monoisotopic (exact) mass is 234 g/mol. The van der Waals surface area contributed by atoms with Gasteiger partial charge in [-0.1, -0.05) is 19.3 Å². The molecule has 0 aliphatic heterocycles. The Hall–Kier alpha value is -1.58. The first-order chi connectivity index (χ1) is 8.31. The molecule has 1 aliphatic carbocycles. The summed E-state index contributed by atoms with van der Waals surface area (Å²) in [5.41, 5.74) is 0.514. The Bertz CT molecular complexity index is 387. The number of hydrogen-bond acceptors (Lipinski definition) is 4. The lowest BCUT2D eigenvalue weighted by molar-refractivity contribution is 0.0601. The number of aromatic nitrogens is 1. The minimum Gasteiger partial charge on any atom is -0.465 e. The normalized spacial score (nSPS) is 16.5. The molecular weight excluding hydrogens is 216 g/mol. The molecule has 17 heavy (non-hydrogen) atoms. The van der Waals surface area contributed by atoms with E-state index in [1.54, 1.807) is 18.3 Å². The highest BCUT2D eigenvalue weighted by Gasteiger charge is 2.17. The molecule has 2 rings (SSSR count). The number of carbonyl (C=O) groups excluding carboxylic acids is 1. The molecule has 0 bridgehead atoms. The van der Waals surface area contributed by atoms with Crippen LogP contribution in [0.1, 0.15) is 42.5 Å². The lowest BCUT2D eigenvalue weighted by Gasteiger charge is -2.23. The number of pyridine rings is 1. The molecular formula is C13H18N2O2. The zero-order chi connectivity index (χ0) is 12.1. The van der Waals surface area contributed by atoms with Gasteiger partial charge in [0.1, 0.15) is 11.4 Å². The molecule has 0 aromatic carbocycles. The zero-order valence-electron chi connectivity index (χ0n) is 10.1. The van der Waals surface area contributed by atoms with E-state index in [0.717, 1.165) is 12.8 Å². The van der Waals surface area contributed by atoms with E-state index >= 15 is 0 Å². The van der Waals surface area contributed by atoms with Crippen molar-refractivity contribution < 1.29 is 9.53 Å². The van der Waals surface area contributed by atoms with Gasteiger partial charge in [-0.15, -0.1) is 0 Å². The van der Waals surface area contributed by atoms with Crippen LogP contribution in [0.15, 0.2) is 18.3 Å². The number of nitrogens with one attached hydrogen (secondary N) is 1. The number of hydrogen-bond donors (Lipinski definition) is 1. The van der Waals surface area contributed by atoms with Gasteiger partial charge in [-0.05, 0) is 25.0 Å². The molecule has 1 heterocycles. The third-order valence-corrected chi connectivity index (χ3v) is 3.16. The second kappa shape index (κ2) is 5.66. The molecule has 0 unspecified atom stereocenters. The lowest BCUT2D eigenvalue weighted by Crippen LogP contribution is -2.24. The number of rotatable bonds is 3. The van der Waals surface area contributed by atoms with E-state index < -0.39 is 0 Å². The summed E-state index contributed by atoms with van der Waals surface area (Å²) in [5.74, 6) is 0.308. The van der Waals surface area contributed by atoms with E-state index in [4.69, 9.17) is 4.74 Å². The van der Waals surface area contributed by atoms with E-state index in [2.05, 4.69) is 10.3 Å². The van der Waals surface area contributed by atoms with Crippen molar-refractivity contribution in [1.29, 1.82) is 0 Å². The van der Waals surface area contributed by atoms with Gasteiger partial charge in [0.25, 0.3) is 0 Å². The number of anilines is 1. The molecule has 1 fully saturated rings. The van der Waals surface area contributed by atoms with Crippen LogP contribution in [0.5, 0.6) is 0 Å². The van der Waals surface area contributed by atoms with Gasteiger partial charge < -0.3 is 10.1 Å². The van der Waals surface area contributed by atoms with Crippen molar-refractivity contribution in [3.8, 4) is 0 Å². The van der Waals surface area contributed by atoms with Gasteiger partial charge >= 0.3 is 5.97 Å². The minimum absolute atomic E-state index is 0.337. The molecule has 0 spiro atoms. The Balaban J connectivity index is 2.11. The van der Waals surface area contributed by atoms with E-state index in [0.29, 0.717) is 17.4 Å². The van der Waals surface area contributed by atoms with Crippen LogP contribution < -0.4 is 5.32 Å². The van der Waals surface area contributed by atoms with Gasteiger partial charge in [0.15, 0.2) is 0 Å². The quantitative estimate of drug-likeness (QED) is 0.817. The van der Waals surface area contributed by atoms with Crippen molar-refractivity contribution in [2.45, 2.75) is 38.1 Å². The summed E-state index contributed by atoms with van der Waals surface area (Å²) < 4.78 is 4.75. The van der Waals surface area contributed by atoms with Crippen molar-refractivity contribution in [2.24, 2.45) is 0 Å². The molecule has 4 nitrogen and oxygen atoms in total. The van der Waals surface area contributed by atoms with E-state index in [1.807, 2.05) is 0 Å². The number of methoxy groups -OCH3 is 1. The standard InChI is InChI=1S/C13H18N2O2/c1-17-13(16)11-8-5-9-14-12(11)15-10-6-3-2-4-7-10/h5,8-10H,2-4,6-7H2,1H3,(H,14,15). The Morgan fingerprint density at radius 1 is 1.41 bits per heavy atom. The van der Waals surface area contributed by atoms with Crippen LogP contribution in [-0.2, 0) is 4.74 Å². The van der Waals surface area contributed by atoms with Crippen LogP contribution in [0.4, 0.5) is 5.82 Å². The first-order valence-electron chi connectivity index (χ1n) is 6.11. The predicted octanol–water partition coefficient (Wildman–Crippen LogP) is 2.61. The molecule has 92 valence electrons. The maximum Gasteiger partial charge on any atom is 0.341 e. The fourth-order valence-corrected chi connectivity index (χ4v) is 2.24. The van der Waals surface area contributed by atoms with Crippen molar-refractivity contribution >= 4 is 11.8 Å². The molecule has 1 N–H and O–H groups in total. The second-order valence-electron chi connectivity index (χ2n) is 4.37. The Kier molecular flexibility index (Phi) is 3.96. The molecule has 1 aliphatic rings. The fraction of sp³-hybridized carbons (Fsp3) is 0.538. The highest BCUT2D eigenvalue weighted by atomic mass is 16.5. The van der Waals surface area contributed by atoms with Gasteiger partial charge in [-0.2, -0.15) is 0 Å². The largest absolute Gasteiger partial charge is 0.465 e. The van der Waals surface area contributed by atoms with E-state index in [-0.39, 0.29) is 5.97 Å². The second-order valence-corrected chi connectivity index (χ2v) is 4.37. The minimum atomic E-state index is -0.337. The van der Waals surface area contributed by atoms with Gasteiger partial charge in [0.05, 0.1) is 7.11 Å². The van der Waals surface area contributed by atoms with Gasteiger partial charge in [0.2, 0.25) is 0 Å². The Morgan fingerprint density at radius 3 is 2.88 bits per heavy atom. The molecule has 4 heteroatoms. The van der Waals surface area contributed by atoms with E-state index in [1.165, 1.54) is 26.4 Å². The summed E-state index contributed by atoms with van der Waals surface area (Å²) in [5, 5.41) is 3.35. The van der Waals surface area contributed by atoms with Crippen LogP contribution >= 0.6 is 0 Å². The topological polar surface area (TPSA) is 51.2 Å². The average molecular weight is 234 g/mol. The predicted molar refractivity (Wildman–Crippen MR) is 66.1 cm³/mol. The number of ether oxygens (including phenoxy) is 1. The average Bonchev–Trinajstić information content (AvgIpc) is 2.40. The van der Waals surface area contributed by atoms with Crippen molar-refractivity contribution in [2.75, 3.05) is 12.4 Å². The molecule has 0 atom stereocenters. The van der Waals surface area contributed by atoms with Crippen LogP contribution in [-0.4, -0.2) is 24.1 Å². The molecule has 0 saturated heterocycles. The lowest BCUT2D eigenvalue weighted by atomic mass is 9.95. The van der Waals surface area contributed by atoms with Crippen LogP contribution in [0, 0.1) is 0 Å². The van der Waals surface area contributed by atoms with Crippen LogP contribution in [0.25, 0.3) is 0 Å². The highest BCUT2D eigenvalue weighted by Crippen LogP contribution is 2.22. The molecule has 1 aromatic rings. The first kappa shape index (κ1) is 11.9. The summed E-state index contributed by atoms with van der Waals surface area (Å²) in [6, 6.07) is 3.92. The summed E-state index contributed by atoms with van der Waals surface area (Å²) in [7, 11) is 1.39. The summed E-state index contributed by atoms with van der Waals surface area (Å²) in [6.07, 6.45) is 7.80. The van der Waals surface area contributed by atoms with E-state index in [9.17, 15) is 4.79 Å². The van der Waals surface area contributed by atoms with Crippen molar-refractivity contribution in [3.63, 3.8) is 0 Å². The number of carbonyl (C=O) groups is 1. The molecule has 1 saturated carbocycles. The summed E-state index contributed by atoms with van der Waals surface area (Å²) in [4.78, 5) is 15.8. The Labute approximate surface area is 101 Å². The summed E-state index contributed by atoms with van der Waals surface area (Å²) >= 11 is 0. The molecule has 0 amide bonds.